The quantitative estimate of drug-likeness (QED) is 0.752. The van der Waals surface area contributed by atoms with Gasteiger partial charge >= 0.3 is 0 Å². The van der Waals surface area contributed by atoms with Crippen LogP contribution in [0.15, 0.2) is 27.6 Å². The lowest BCUT2D eigenvalue weighted by Gasteiger charge is -2.09. The molecule has 0 bridgehead atoms. The third-order valence-electron chi connectivity index (χ3n) is 2.54. The predicted molar refractivity (Wildman–Crippen MR) is 74.8 cm³/mol. The Kier molecular flexibility index (Phi) is 6.28. The summed E-state index contributed by atoms with van der Waals surface area (Å²) in [5.74, 6) is 0. The molecule has 0 saturated carbocycles. The van der Waals surface area contributed by atoms with Crippen LogP contribution >= 0.6 is 15.9 Å². The molecule has 0 radical (unpaired) electrons. The second-order valence-corrected chi connectivity index (χ2v) is 6.62. The Hall–Kier alpha value is -0.430. The van der Waals surface area contributed by atoms with Crippen LogP contribution in [0.1, 0.15) is 31.7 Å². The molecule has 0 amide bonds. The summed E-state index contributed by atoms with van der Waals surface area (Å²) >= 11 is 3.22. The fourth-order valence-corrected chi connectivity index (χ4v) is 3.60. The lowest BCUT2D eigenvalue weighted by atomic mass is 10.2. The van der Waals surface area contributed by atoms with E-state index in [0.717, 1.165) is 19.3 Å². The second-order valence-electron chi connectivity index (χ2n) is 4.03. The summed E-state index contributed by atoms with van der Waals surface area (Å²) in [6.45, 7) is 2.33. The van der Waals surface area contributed by atoms with Crippen molar-refractivity contribution in [3.63, 3.8) is 0 Å². The zero-order valence-corrected chi connectivity index (χ0v) is 12.7. The zero-order valence-electron chi connectivity index (χ0n) is 10.3. The van der Waals surface area contributed by atoms with Gasteiger partial charge in [-0.3, -0.25) is 0 Å². The summed E-state index contributed by atoms with van der Waals surface area (Å²) in [6, 6.07) is 4.79. The fraction of sp³-hybridized carbons (Fsp3) is 0.500. The first-order chi connectivity index (χ1) is 8.51. The molecule has 0 aliphatic carbocycles. The van der Waals surface area contributed by atoms with Crippen LogP contribution < -0.4 is 4.72 Å². The van der Waals surface area contributed by atoms with Crippen LogP contribution in [-0.4, -0.2) is 20.1 Å². The average Bonchev–Trinajstić information content (AvgIpc) is 2.35. The Bertz CT molecular complexity index is 488. The summed E-state index contributed by atoms with van der Waals surface area (Å²) < 4.78 is 27.2. The van der Waals surface area contributed by atoms with E-state index in [0.29, 0.717) is 16.6 Å². The van der Waals surface area contributed by atoms with Crippen molar-refractivity contribution in [1.29, 1.82) is 0 Å². The van der Waals surface area contributed by atoms with Gasteiger partial charge in [0.15, 0.2) is 0 Å². The molecule has 0 atom stereocenters. The van der Waals surface area contributed by atoms with E-state index >= 15 is 0 Å². The number of sulfonamides is 1. The minimum Gasteiger partial charge on any atom is -0.392 e. The highest BCUT2D eigenvalue weighted by molar-refractivity contribution is 9.10. The number of hydrogen-bond donors (Lipinski definition) is 2. The number of aliphatic hydroxyl groups is 1. The fourth-order valence-electron chi connectivity index (χ4n) is 1.51. The van der Waals surface area contributed by atoms with Crippen LogP contribution in [0.2, 0.25) is 0 Å². The van der Waals surface area contributed by atoms with Crippen molar-refractivity contribution in [2.75, 3.05) is 6.54 Å². The van der Waals surface area contributed by atoms with Crippen molar-refractivity contribution < 1.29 is 13.5 Å². The Balaban J connectivity index is 2.83. The maximum atomic E-state index is 12.1. The largest absolute Gasteiger partial charge is 0.392 e. The molecule has 1 rings (SSSR count). The van der Waals surface area contributed by atoms with Crippen LogP contribution in [0, 0.1) is 0 Å². The van der Waals surface area contributed by atoms with Crippen LogP contribution in [0.25, 0.3) is 0 Å². The van der Waals surface area contributed by atoms with Gasteiger partial charge in [0.2, 0.25) is 10.0 Å². The molecule has 0 aromatic heterocycles. The third kappa shape index (κ3) is 4.35. The van der Waals surface area contributed by atoms with Crippen LogP contribution in [0.4, 0.5) is 0 Å². The van der Waals surface area contributed by atoms with Gasteiger partial charge in [0.1, 0.15) is 0 Å². The van der Waals surface area contributed by atoms with Crippen molar-refractivity contribution in [1.82, 2.24) is 4.72 Å². The van der Waals surface area contributed by atoms with Crippen molar-refractivity contribution >= 4 is 26.0 Å². The molecule has 0 saturated heterocycles. The van der Waals surface area contributed by atoms with Gasteiger partial charge in [-0.1, -0.05) is 25.8 Å². The number of benzene rings is 1. The monoisotopic (exact) mass is 335 g/mol. The minimum absolute atomic E-state index is 0.172. The van der Waals surface area contributed by atoms with Gasteiger partial charge in [-0.05, 0) is 40.0 Å². The third-order valence-corrected chi connectivity index (χ3v) is 5.00. The molecule has 0 spiro atoms. The van der Waals surface area contributed by atoms with Gasteiger partial charge in [0.05, 0.1) is 11.5 Å². The van der Waals surface area contributed by atoms with Gasteiger partial charge < -0.3 is 5.11 Å². The minimum atomic E-state index is -3.51. The number of unbranched alkanes of at least 4 members (excludes halogenated alkanes) is 2. The number of halogens is 1. The summed E-state index contributed by atoms with van der Waals surface area (Å²) in [7, 11) is -3.51. The van der Waals surface area contributed by atoms with Gasteiger partial charge in [-0.25, -0.2) is 13.1 Å². The van der Waals surface area contributed by atoms with Gasteiger partial charge in [0, 0.05) is 11.0 Å². The predicted octanol–water partition coefficient (Wildman–Crippen LogP) is 2.41. The van der Waals surface area contributed by atoms with Gasteiger partial charge in [-0.15, -0.1) is 0 Å². The molecular formula is C12H18BrNO3S. The summed E-state index contributed by atoms with van der Waals surface area (Å²) in [5.41, 5.74) is 0.576. The topological polar surface area (TPSA) is 66.4 Å². The van der Waals surface area contributed by atoms with E-state index in [9.17, 15) is 8.42 Å². The Morgan fingerprint density at radius 3 is 2.67 bits per heavy atom. The van der Waals surface area contributed by atoms with E-state index in [2.05, 4.69) is 27.6 Å². The molecule has 6 heteroatoms. The first-order valence-corrected chi connectivity index (χ1v) is 8.18. The molecule has 2 N–H and O–H groups in total. The van der Waals surface area contributed by atoms with Crippen molar-refractivity contribution in [3.05, 3.63) is 28.2 Å². The SMILES string of the molecule is CCCCCNS(=O)(=O)c1cc(CO)ccc1Br. The van der Waals surface area contributed by atoms with E-state index in [4.69, 9.17) is 5.11 Å². The molecular weight excluding hydrogens is 318 g/mol. The maximum Gasteiger partial charge on any atom is 0.241 e. The second kappa shape index (κ2) is 7.23. The number of rotatable bonds is 7. The zero-order chi connectivity index (χ0) is 13.6. The van der Waals surface area contributed by atoms with E-state index in [1.54, 1.807) is 12.1 Å². The first kappa shape index (κ1) is 15.6. The van der Waals surface area contributed by atoms with Crippen LogP contribution in [0.5, 0.6) is 0 Å². The molecule has 4 nitrogen and oxygen atoms in total. The van der Waals surface area contributed by atoms with Crippen LogP contribution in [-0.2, 0) is 16.6 Å². The van der Waals surface area contributed by atoms with E-state index in [1.807, 2.05) is 0 Å². The Morgan fingerprint density at radius 1 is 1.33 bits per heavy atom. The molecule has 1 aromatic carbocycles. The van der Waals surface area contributed by atoms with E-state index in [-0.39, 0.29) is 11.5 Å². The van der Waals surface area contributed by atoms with Crippen LogP contribution in [0.3, 0.4) is 0 Å². The molecule has 1 aromatic rings. The summed E-state index contributed by atoms with van der Waals surface area (Å²) in [6.07, 6.45) is 2.87. The molecule has 18 heavy (non-hydrogen) atoms. The van der Waals surface area contributed by atoms with E-state index < -0.39 is 10.0 Å². The van der Waals surface area contributed by atoms with Gasteiger partial charge in [0.25, 0.3) is 0 Å². The smallest absolute Gasteiger partial charge is 0.241 e. The van der Waals surface area contributed by atoms with Crippen molar-refractivity contribution in [2.45, 2.75) is 37.7 Å². The molecule has 0 unspecified atom stereocenters. The molecule has 0 fully saturated rings. The van der Waals surface area contributed by atoms with Crippen molar-refractivity contribution in [2.24, 2.45) is 0 Å². The number of nitrogens with one attached hydrogen (secondary N) is 1. The lowest BCUT2D eigenvalue weighted by molar-refractivity contribution is 0.281. The van der Waals surface area contributed by atoms with E-state index in [1.165, 1.54) is 6.07 Å². The molecule has 102 valence electrons. The highest BCUT2D eigenvalue weighted by Gasteiger charge is 2.17. The Labute approximate surface area is 117 Å². The van der Waals surface area contributed by atoms with Gasteiger partial charge in [-0.2, -0.15) is 0 Å². The summed E-state index contributed by atoms with van der Waals surface area (Å²) in [5, 5.41) is 9.03. The maximum absolute atomic E-state index is 12.1. The molecule has 0 heterocycles. The molecule has 0 aliphatic rings. The Morgan fingerprint density at radius 2 is 2.06 bits per heavy atom. The lowest BCUT2D eigenvalue weighted by Crippen LogP contribution is -2.25. The highest BCUT2D eigenvalue weighted by atomic mass is 79.9. The highest BCUT2D eigenvalue weighted by Crippen LogP contribution is 2.23. The summed E-state index contributed by atoms with van der Waals surface area (Å²) in [4.78, 5) is 0.172. The average molecular weight is 336 g/mol. The number of aliphatic hydroxyl groups excluding tert-OH is 1. The standard InChI is InChI=1S/C12H18BrNO3S/c1-2-3-4-7-14-18(16,17)12-8-10(9-15)5-6-11(12)13/h5-6,8,14-15H,2-4,7,9H2,1H3. The normalized spacial score (nSPS) is 11.7. The number of hydrogen-bond acceptors (Lipinski definition) is 3. The first-order valence-electron chi connectivity index (χ1n) is 5.90. The van der Waals surface area contributed by atoms with Crippen molar-refractivity contribution in [3.8, 4) is 0 Å². The molecule has 0 aliphatic heterocycles.